The summed E-state index contributed by atoms with van der Waals surface area (Å²) >= 11 is 0. The van der Waals surface area contributed by atoms with Gasteiger partial charge in [-0.3, -0.25) is 4.79 Å². The first kappa shape index (κ1) is 22.0. The number of carbonyl (C=O) groups is 1. The Bertz CT molecular complexity index is 816. The van der Waals surface area contributed by atoms with Crippen molar-refractivity contribution in [2.24, 2.45) is 0 Å². The molecule has 0 aromatic heterocycles. The summed E-state index contributed by atoms with van der Waals surface area (Å²) in [6.07, 6.45) is -5.48. The average Bonchev–Trinajstić information content (AvgIpc) is 2.58. The summed E-state index contributed by atoms with van der Waals surface area (Å²) in [6.45, 7) is 9.69. The summed E-state index contributed by atoms with van der Waals surface area (Å²) in [5.41, 5.74) is 1.32. The Morgan fingerprint density at radius 2 is 1.54 bits per heavy atom. The number of carbonyl (C=O) groups excluding carboxylic acids is 1. The fourth-order valence-electron chi connectivity index (χ4n) is 2.98. The zero-order chi connectivity index (χ0) is 21.2. The summed E-state index contributed by atoms with van der Waals surface area (Å²) in [5.74, 6) is -1.23. The third kappa shape index (κ3) is 5.60. The van der Waals surface area contributed by atoms with Gasteiger partial charge in [0.05, 0.1) is 0 Å². The molecule has 0 bridgehead atoms. The lowest BCUT2D eigenvalue weighted by molar-refractivity contribution is -0.172. The predicted molar refractivity (Wildman–Crippen MR) is 105 cm³/mol. The molecule has 0 aliphatic heterocycles. The van der Waals surface area contributed by atoms with Gasteiger partial charge in [0.1, 0.15) is 12.4 Å². The lowest BCUT2D eigenvalue weighted by Gasteiger charge is -2.30. The first-order valence-electron chi connectivity index (χ1n) is 9.22. The second kappa shape index (κ2) is 7.98. The first-order chi connectivity index (χ1) is 12.8. The van der Waals surface area contributed by atoms with Gasteiger partial charge in [-0.2, -0.15) is 13.2 Å². The molecule has 0 heterocycles. The number of rotatable bonds is 6. The van der Waals surface area contributed by atoms with Gasteiger partial charge < -0.3 is 4.74 Å². The van der Waals surface area contributed by atoms with Gasteiger partial charge in [0.15, 0.2) is 0 Å². The quantitative estimate of drug-likeness (QED) is 0.572. The van der Waals surface area contributed by atoms with Crippen LogP contribution in [0.5, 0.6) is 5.75 Å². The highest BCUT2D eigenvalue weighted by Gasteiger charge is 2.42. The van der Waals surface area contributed by atoms with Gasteiger partial charge in [-0.15, -0.1) is 0 Å². The van der Waals surface area contributed by atoms with Crippen molar-refractivity contribution >= 4 is 5.78 Å². The zero-order valence-electron chi connectivity index (χ0n) is 17.0. The number of ketones is 1. The Hall–Kier alpha value is -2.30. The van der Waals surface area contributed by atoms with E-state index < -0.39 is 23.8 Å². The van der Waals surface area contributed by atoms with Crippen molar-refractivity contribution in [3.63, 3.8) is 0 Å². The summed E-state index contributed by atoms with van der Waals surface area (Å²) in [6, 6.07) is 15.1. The second-order valence-corrected chi connectivity index (χ2v) is 8.72. The van der Waals surface area contributed by atoms with Gasteiger partial charge in [-0.1, -0.05) is 77.1 Å². The second-order valence-electron chi connectivity index (χ2n) is 8.72. The van der Waals surface area contributed by atoms with Crippen LogP contribution in [-0.2, 0) is 22.2 Å². The van der Waals surface area contributed by atoms with Crippen molar-refractivity contribution < 1.29 is 22.7 Å². The first-order valence-corrected chi connectivity index (χ1v) is 9.22. The fourth-order valence-corrected chi connectivity index (χ4v) is 2.98. The smallest absolute Gasteiger partial charge is 0.450 e. The molecule has 0 atom stereocenters. The molecule has 0 radical (unpaired) electrons. The monoisotopic (exact) mass is 392 g/mol. The van der Waals surface area contributed by atoms with Crippen LogP contribution in [0.1, 0.15) is 57.7 Å². The Labute approximate surface area is 164 Å². The van der Waals surface area contributed by atoms with Crippen LogP contribution in [0.3, 0.4) is 0 Å². The minimum atomic E-state index is -4.84. The summed E-state index contributed by atoms with van der Waals surface area (Å²) in [7, 11) is 0. The Kier molecular flexibility index (Phi) is 6.27. The maximum atomic E-state index is 12.9. The van der Waals surface area contributed by atoms with E-state index in [2.05, 4.69) is 0 Å². The molecule has 2 nitrogen and oxygen atoms in total. The van der Waals surface area contributed by atoms with Crippen molar-refractivity contribution in [3.05, 3.63) is 65.2 Å². The molecular weight excluding hydrogens is 365 g/mol. The molecule has 0 fully saturated rings. The van der Waals surface area contributed by atoms with E-state index in [1.807, 2.05) is 63.2 Å². The van der Waals surface area contributed by atoms with Crippen molar-refractivity contribution in [2.75, 3.05) is 0 Å². The zero-order valence-corrected chi connectivity index (χ0v) is 17.0. The molecule has 0 saturated carbocycles. The van der Waals surface area contributed by atoms with Crippen LogP contribution >= 0.6 is 0 Å². The van der Waals surface area contributed by atoms with Crippen LogP contribution in [0.4, 0.5) is 13.2 Å². The van der Waals surface area contributed by atoms with Crippen LogP contribution in [-0.4, -0.2) is 12.0 Å². The number of alkyl halides is 3. The fraction of sp³-hybridized carbons (Fsp3) is 0.435. The van der Waals surface area contributed by atoms with Crippen LogP contribution in [0.25, 0.3) is 0 Å². The number of halogens is 3. The molecule has 2 rings (SSSR count). The van der Waals surface area contributed by atoms with Crippen LogP contribution in [0.2, 0.25) is 0 Å². The maximum absolute atomic E-state index is 12.9. The highest BCUT2D eigenvalue weighted by Crippen LogP contribution is 2.39. The molecule has 0 aliphatic rings. The molecule has 0 spiro atoms. The Morgan fingerprint density at radius 3 is 2.07 bits per heavy atom. The molecule has 0 N–H and O–H groups in total. The number of Topliss-reactive ketones (excluding diaryl/α,β-unsaturated/α-hetero) is 1. The SMILES string of the molecule is CC(C)(C)c1ccc(OCc2ccccc2)c(C(C)(C)CC(=O)C(F)(F)F)c1. The van der Waals surface area contributed by atoms with E-state index in [4.69, 9.17) is 4.74 Å². The van der Waals surface area contributed by atoms with E-state index in [1.165, 1.54) is 0 Å². The molecule has 5 heteroatoms. The summed E-state index contributed by atoms with van der Waals surface area (Å²) < 4.78 is 44.5. The van der Waals surface area contributed by atoms with E-state index in [0.717, 1.165) is 11.1 Å². The van der Waals surface area contributed by atoms with Gasteiger partial charge in [0.2, 0.25) is 5.78 Å². The topological polar surface area (TPSA) is 26.3 Å². The molecule has 152 valence electrons. The minimum Gasteiger partial charge on any atom is -0.489 e. The molecule has 2 aromatic carbocycles. The van der Waals surface area contributed by atoms with E-state index in [0.29, 0.717) is 17.9 Å². The van der Waals surface area contributed by atoms with Gasteiger partial charge in [-0.25, -0.2) is 0 Å². The maximum Gasteiger partial charge on any atom is 0.450 e. The van der Waals surface area contributed by atoms with Crippen molar-refractivity contribution in [2.45, 2.75) is 64.7 Å². The van der Waals surface area contributed by atoms with Gasteiger partial charge in [-0.05, 0) is 22.6 Å². The third-order valence-corrected chi connectivity index (χ3v) is 4.73. The van der Waals surface area contributed by atoms with Gasteiger partial charge in [0, 0.05) is 17.4 Å². The molecule has 0 aliphatic carbocycles. The highest BCUT2D eigenvalue weighted by atomic mass is 19.4. The summed E-state index contributed by atoms with van der Waals surface area (Å²) in [5, 5.41) is 0. The number of ether oxygens (including phenoxy) is 1. The van der Waals surface area contributed by atoms with Crippen molar-refractivity contribution in [1.29, 1.82) is 0 Å². The Morgan fingerprint density at radius 1 is 0.929 bits per heavy atom. The van der Waals surface area contributed by atoms with Crippen LogP contribution < -0.4 is 4.74 Å². The van der Waals surface area contributed by atoms with Crippen LogP contribution in [0, 0.1) is 0 Å². The predicted octanol–water partition coefficient (Wildman–Crippen LogP) is 6.36. The normalized spacial score (nSPS) is 12.7. The number of hydrogen-bond donors (Lipinski definition) is 0. The van der Waals surface area contributed by atoms with Gasteiger partial charge >= 0.3 is 6.18 Å². The molecule has 2 aromatic rings. The number of benzene rings is 2. The van der Waals surface area contributed by atoms with Crippen molar-refractivity contribution in [1.82, 2.24) is 0 Å². The molecular formula is C23H27F3O2. The molecule has 0 amide bonds. The largest absolute Gasteiger partial charge is 0.489 e. The standard InChI is InChI=1S/C23H27F3O2/c1-21(2,3)17-11-12-19(28-15-16-9-7-6-8-10-16)18(13-17)22(4,5)14-20(27)23(24,25)26/h6-13H,14-15H2,1-5H3. The molecule has 0 saturated heterocycles. The summed E-state index contributed by atoms with van der Waals surface area (Å²) in [4.78, 5) is 11.7. The molecule has 0 unspecified atom stereocenters. The van der Waals surface area contributed by atoms with Gasteiger partial charge in [0.25, 0.3) is 0 Å². The van der Waals surface area contributed by atoms with E-state index in [-0.39, 0.29) is 5.41 Å². The van der Waals surface area contributed by atoms with Crippen molar-refractivity contribution in [3.8, 4) is 5.75 Å². The van der Waals surface area contributed by atoms with E-state index in [9.17, 15) is 18.0 Å². The lowest BCUT2D eigenvalue weighted by Crippen LogP contribution is -2.31. The minimum absolute atomic E-state index is 0.184. The van der Waals surface area contributed by atoms with E-state index >= 15 is 0 Å². The highest BCUT2D eigenvalue weighted by molar-refractivity contribution is 5.85. The average molecular weight is 392 g/mol. The Balaban J connectivity index is 2.40. The molecule has 28 heavy (non-hydrogen) atoms. The van der Waals surface area contributed by atoms with Crippen LogP contribution in [0.15, 0.2) is 48.5 Å². The third-order valence-electron chi connectivity index (χ3n) is 4.73. The lowest BCUT2D eigenvalue weighted by atomic mass is 9.76. The number of hydrogen-bond acceptors (Lipinski definition) is 2. The van der Waals surface area contributed by atoms with E-state index in [1.54, 1.807) is 19.9 Å².